The quantitative estimate of drug-likeness (QED) is 0.232. The number of hydrogen-bond acceptors (Lipinski definition) is 7. The number of hydrazone groups is 1. The highest BCUT2D eigenvalue weighted by Gasteiger charge is 2.13. The molecule has 8 heteroatoms. The Morgan fingerprint density at radius 3 is 2.48 bits per heavy atom. The van der Waals surface area contributed by atoms with Crippen molar-refractivity contribution in [1.29, 1.82) is 0 Å². The molecule has 0 spiro atoms. The second-order valence-electron chi connectivity index (χ2n) is 6.88. The third-order valence-corrected chi connectivity index (χ3v) is 4.55. The molecule has 8 nitrogen and oxygen atoms in total. The number of para-hydroxylation sites is 1. The van der Waals surface area contributed by atoms with Crippen LogP contribution in [0.5, 0.6) is 23.0 Å². The third-order valence-electron chi connectivity index (χ3n) is 4.55. The normalized spacial score (nSPS) is 10.5. The summed E-state index contributed by atoms with van der Waals surface area (Å²) in [6, 6.07) is 19.0. The van der Waals surface area contributed by atoms with Crippen molar-refractivity contribution in [2.75, 3.05) is 20.8 Å². The summed E-state index contributed by atoms with van der Waals surface area (Å²) in [5.74, 6) is 0.831. The molecule has 0 aliphatic heterocycles. The first kappa shape index (κ1) is 23.3. The van der Waals surface area contributed by atoms with E-state index in [4.69, 9.17) is 18.9 Å². The number of methoxy groups -OCH3 is 2. The molecule has 1 N–H and O–H groups in total. The Labute approximate surface area is 191 Å². The Balaban J connectivity index is 1.58. The van der Waals surface area contributed by atoms with Crippen molar-refractivity contribution in [3.05, 3.63) is 83.4 Å². The number of nitrogens with one attached hydrogen (secondary N) is 1. The molecule has 0 saturated heterocycles. The summed E-state index contributed by atoms with van der Waals surface area (Å²) in [7, 11) is 2.98. The molecule has 0 atom stereocenters. The molecule has 0 bridgehead atoms. The number of benzene rings is 3. The van der Waals surface area contributed by atoms with Gasteiger partial charge >= 0.3 is 5.97 Å². The van der Waals surface area contributed by atoms with Crippen molar-refractivity contribution < 1.29 is 28.5 Å². The molecule has 0 aromatic heterocycles. The number of nitrogens with zero attached hydrogens (tertiary/aromatic N) is 1. The molecule has 0 fully saturated rings. The van der Waals surface area contributed by atoms with E-state index in [9.17, 15) is 9.59 Å². The first-order chi connectivity index (χ1) is 16.0. The second kappa shape index (κ2) is 11.3. The largest absolute Gasteiger partial charge is 0.497 e. The number of hydrogen-bond donors (Lipinski definition) is 1. The fourth-order valence-corrected chi connectivity index (χ4v) is 2.83. The van der Waals surface area contributed by atoms with Crippen LogP contribution in [-0.2, 0) is 4.79 Å². The molecule has 0 unspecified atom stereocenters. The van der Waals surface area contributed by atoms with E-state index >= 15 is 0 Å². The molecular formula is C25H24N2O6. The molecule has 1 amide bonds. The minimum atomic E-state index is -0.547. The van der Waals surface area contributed by atoms with Crippen molar-refractivity contribution in [1.82, 2.24) is 5.43 Å². The van der Waals surface area contributed by atoms with Crippen LogP contribution in [0, 0.1) is 6.92 Å². The first-order valence-corrected chi connectivity index (χ1v) is 10.0. The van der Waals surface area contributed by atoms with Crippen molar-refractivity contribution >= 4 is 18.1 Å². The van der Waals surface area contributed by atoms with E-state index in [0.717, 1.165) is 5.56 Å². The van der Waals surface area contributed by atoms with Crippen LogP contribution in [0.2, 0.25) is 0 Å². The average molecular weight is 448 g/mol. The summed E-state index contributed by atoms with van der Waals surface area (Å²) >= 11 is 0. The van der Waals surface area contributed by atoms with Gasteiger partial charge in [0.2, 0.25) is 0 Å². The SMILES string of the molecule is COc1cccc(C(=O)Oc2ccc(/C=N/NC(=O)COc3ccccc3C)cc2OC)c1. The molecule has 170 valence electrons. The predicted molar refractivity (Wildman–Crippen MR) is 123 cm³/mol. The Hall–Kier alpha value is -4.33. The van der Waals surface area contributed by atoms with Gasteiger partial charge in [0.05, 0.1) is 26.0 Å². The highest BCUT2D eigenvalue weighted by Crippen LogP contribution is 2.28. The number of rotatable bonds is 9. The van der Waals surface area contributed by atoms with Gasteiger partial charge in [-0.1, -0.05) is 24.3 Å². The van der Waals surface area contributed by atoms with E-state index in [1.165, 1.54) is 20.4 Å². The van der Waals surface area contributed by atoms with Crippen molar-refractivity contribution in [3.63, 3.8) is 0 Å². The van der Waals surface area contributed by atoms with E-state index in [0.29, 0.717) is 28.4 Å². The molecule has 33 heavy (non-hydrogen) atoms. The number of carbonyl (C=O) groups is 2. The second-order valence-corrected chi connectivity index (χ2v) is 6.88. The van der Waals surface area contributed by atoms with E-state index in [2.05, 4.69) is 10.5 Å². The van der Waals surface area contributed by atoms with Gasteiger partial charge in [-0.3, -0.25) is 4.79 Å². The fourth-order valence-electron chi connectivity index (χ4n) is 2.83. The molecule has 0 aliphatic rings. The summed E-state index contributed by atoms with van der Waals surface area (Å²) in [6.45, 7) is 1.74. The van der Waals surface area contributed by atoms with Crippen molar-refractivity contribution in [3.8, 4) is 23.0 Å². The zero-order chi connectivity index (χ0) is 23.6. The van der Waals surface area contributed by atoms with E-state index in [-0.39, 0.29) is 12.4 Å². The van der Waals surface area contributed by atoms with Gasteiger partial charge in [0.15, 0.2) is 18.1 Å². The van der Waals surface area contributed by atoms with Crippen LogP contribution in [0.1, 0.15) is 21.5 Å². The standard InChI is InChI=1S/C25H24N2O6/c1-17-7-4-5-10-21(17)32-16-24(28)27-26-15-18-11-12-22(23(13-18)31-3)33-25(29)19-8-6-9-20(14-19)30-2/h4-15H,16H2,1-3H3,(H,27,28)/b26-15+. The van der Waals surface area contributed by atoms with Gasteiger partial charge < -0.3 is 18.9 Å². The number of esters is 1. The van der Waals surface area contributed by atoms with Gasteiger partial charge in [0, 0.05) is 0 Å². The highest BCUT2D eigenvalue weighted by atomic mass is 16.6. The number of ether oxygens (including phenoxy) is 4. The van der Waals surface area contributed by atoms with E-state index < -0.39 is 11.9 Å². The summed E-state index contributed by atoms with van der Waals surface area (Å²) < 4.78 is 21.4. The molecule has 0 heterocycles. The fraction of sp³-hybridized carbons (Fsp3) is 0.160. The number of carbonyl (C=O) groups excluding carboxylic acids is 2. The molecular weight excluding hydrogens is 424 g/mol. The lowest BCUT2D eigenvalue weighted by Gasteiger charge is -2.10. The number of amides is 1. The van der Waals surface area contributed by atoms with Crippen LogP contribution in [0.15, 0.2) is 71.8 Å². The van der Waals surface area contributed by atoms with Crippen LogP contribution in [0.25, 0.3) is 0 Å². The molecule has 3 aromatic carbocycles. The molecule has 0 aliphatic carbocycles. The molecule has 0 saturated carbocycles. The van der Waals surface area contributed by atoms with Crippen molar-refractivity contribution in [2.45, 2.75) is 6.92 Å². The minimum Gasteiger partial charge on any atom is -0.497 e. The Kier molecular flexibility index (Phi) is 8.02. The zero-order valence-corrected chi connectivity index (χ0v) is 18.5. The van der Waals surface area contributed by atoms with Crippen LogP contribution in [0.3, 0.4) is 0 Å². The molecule has 0 radical (unpaired) electrons. The third kappa shape index (κ3) is 6.57. The lowest BCUT2D eigenvalue weighted by atomic mass is 10.2. The minimum absolute atomic E-state index is 0.162. The molecule has 3 aromatic rings. The Morgan fingerprint density at radius 1 is 0.909 bits per heavy atom. The highest BCUT2D eigenvalue weighted by molar-refractivity contribution is 5.92. The Bertz CT molecular complexity index is 1160. The first-order valence-electron chi connectivity index (χ1n) is 10.0. The van der Waals surface area contributed by atoms with Gasteiger partial charge in [0.1, 0.15) is 11.5 Å². The van der Waals surface area contributed by atoms with Crippen LogP contribution < -0.4 is 24.4 Å². The van der Waals surface area contributed by atoms with E-state index in [1.807, 2.05) is 25.1 Å². The van der Waals surface area contributed by atoms with Gasteiger partial charge in [-0.25, -0.2) is 10.2 Å². The summed E-state index contributed by atoms with van der Waals surface area (Å²) in [4.78, 5) is 24.4. The van der Waals surface area contributed by atoms with E-state index in [1.54, 1.807) is 48.5 Å². The lowest BCUT2D eigenvalue weighted by molar-refractivity contribution is -0.123. The van der Waals surface area contributed by atoms with Crippen LogP contribution in [0.4, 0.5) is 0 Å². The molecule has 3 rings (SSSR count). The maximum absolute atomic E-state index is 12.4. The summed E-state index contributed by atoms with van der Waals surface area (Å²) in [6.07, 6.45) is 1.45. The van der Waals surface area contributed by atoms with Gasteiger partial charge in [-0.05, 0) is 60.5 Å². The average Bonchev–Trinajstić information content (AvgIpc) is 2.84. The van der Waals surface area contributed by atoms with Crippen LogP contribution >= 0.6 is 0 Å². The number of aryl methyl sites for hydroxylation is 1. The zero-order valence-electron chi connectivity index (χ0n) is 18.5. The monoisotopic (exact) mass is 448 g/mol. The summed E-state index contributed by atoms with van der Waals surface area (Å²) in [5, 5.41) is 3.93. The smallest absolute Gasteiger partial charge is 0.343 e. The van der Waals surface area contributed by atoms with Gasteiger partial charge in [-0.2, -0.15) is 5.10 Å². The predicted octanol–water partition coefficient (Wildman–Crippen LogP) is 3.76. The van der Waals surface area contributed by atoms with Gasteiger partial charge in [-0.15, -0.1) is 0 Å². The Morgan fingerprint density at radius 2 is 1.73 bits per heavy atom. The maximum atomic E-state index is 12.4. The maximum Gasteiger partial charge on any atom is 0.343 e. The topological polar surface area (TPSA) is 95.5 Å². The van der Waals surface area contributed by atoms with Crippen LogP contribution in [-0.4, -0.2) is 38.9 Å². The lowest BCUT2D eigenvalue weighted by Crippen LogP contribution is -2.24. The van der Waals surface area contributed by atoms with Crippen molar-refractivity contribution in [2.24, 2.45) is 5.10 Å². The summed E-state index contributed by atoms with van der Waals surface area (Å²) in [5.41, 5.74) is 4.32. The van der Waals surface area contributed by atoms with Gasteiger partial charge in [0.25, 0.3) is 5.91 Å².